The van der Waals surface area contributed by atoms with E-state index in [4.69, 9.17) is 9.26 Å². The number of Topliss-reactive ketones (excluding diaryl/α,β-unsaturated/α-hetero) is 1. The highest BCUT2D eigenvalue weighted by Crippen LogP contribution is 2.42. The third-order valence-corrected chi connectivity index (χ3v) is 4.86. The van der Waals surface area contributed by atoms with Crippen LogP contribution >= 0.6 is 0 Å². The van der Waals surface area contributed by atoms with Gasteiger partial charge in [-0.25, -0.2) is 4.39 Å². The number of aromatic nitrogens is 1. The maximum atomic E-state index is 13.3. The molecule has 1 aliphatic heterocycles. The molecule has 8 heteroatoms. The van der Waals surface area contributed by atoms with E-state index in [0.717, 1.165) is 12.1 Å². The molecule has 0 spiro atoms. The van der Waals surface area contributed by atoms with E-state index in [0.29, 0.717) is 17.1 Å². The van der Waals surface area contributed by atoms with Crippen molar-refractivity contribution in [3.05, 3.63) is 82.9 Å². The fraction of sp³-hybridized carbons (Fsp3) is 0.136. The number of ether oxygens (including phenoxy) is 1. The van der Waals surface area contributed by atoms with Gasteiger partial charge < -0.3 is 14.4 Å². The molecule has 1 atom stereocenters. The molecule has 4 rings (SSSR count). The molecule has 152 valence electrons. The van der Waals surface area contributed by atoms with Gasteiger partial charge in [-0.3, -0.25) is 14.5 Å². The van der Waals surface area contributed by atoms with Crippen LogP contribution in [0.5, 0.6) is 5.75 Å². The summed E-state index contributed by atoms with van der Waals surface area (Å²) in [4.78, 5) is 27.0. The molecule has 1 saturated heterocycles. The number of halogens is 1. The summed E-state index contributed by atoms with van der Waals surface area (Å²) in [5.41, 5.74) is 0.640. The number of nitrogens with zero attached hydrogens (tertiary/aromatic N) is 2. The molecule has 0 radical (unpaired) electrons. The normalized spacial score (nSPS) is 18.1. The predicted octanol–water partition coefficient (Wildman–Crippen LogP) is 3.76. The standard InChI is InChI=1S/C22H17FN2O5/c1-12-11-17(24-30-12)25-19(13-5-9-16(29-2)10-6-13)18(21(27)22(25)28)20(26)14-3-7-15(23)8-4-14/h3-11,19,26H,1-2H3. The van der Waals surface area contributed by atoms with E-state index in [2.05, 4.69) is 5.16 Å². The van der Waals surface area contributed by atoms with Crippen LogP contribution in [0.25, 0.3) is 5.76 Å². The van der Waals surface area contributed by atoms with Crippen LogP contribution in [0.3, 0.4) is 0 Å². The molecule has 2 aromatic carbocycles. The molecule has 1 N–H and O–H groups in total. The number of aliphatic hydroxyl groups is 1. The molecular formula is C22H17FN2O5. The lowest BCUT2D eigenvalue weighted by Crippen LogP contribution is -2.29. The first-order valence-corrected chi connectivity index (χ1v) is 9.05. The van der Waals surface area contributed by atoms with E-state index < -0.39 is 29.3 Å². The van der Waals surface area contributed by atoms with Crippen LogP contribution < -0.4 is 9.64 Å². The SMILES string of the molecule is COc1ccc(C2C(=C(O)c3ccc(F)cc3)C(=O)C(=O)N2c2cc(C)on2)cc1. The van der Waals surface area contributed by atoms with Crippen molar-refractivity contribution in [2.24, 2.45) is 0 Å². The van der Waals surface area contributed by atoms with Gasteiger partial charge in [-0.05, 0) is 48.9 Å². The summed E-state index contributed by atoms with van der Waals surface area (Å²) in [7, 11) is 1.52. The minimum atomic E-state index is -0.953. The van der Waals surface area contributed by atoms with Gasteiger partial charge in [0.15, 0.2) is 5.82 Å². The van der Waals surface area contributed by atoms with Gasteiger partial charge in [-0.15, -0.1) is 0 Å². The Morgan fingerprint density at radius 2 is 1.80 bits per heavy atom. The maximum absolute atomic E-state index is 13.3. The Bertz CT molecular complexity index is 1150. The van der Waals surface area contributed by atoms with E-state index in [1.807, 2.05) is 0 Å². The summed E-state index contributed by atoms with van der Waals surface area (Å²) < 4.78 is 23.6. The molecule has 1 amide bonds. The Kier molecular flexibility index (Phi) is 4.83. The summed E-state index contributed by atoms with van der Waals surface area (Å²) in [6, 6.07) is 12.3. The van der Waals surface area contributed by atoms with Gasteiger partial charge in [-0.2, -0.15) is 0 Å². The summed E-state index contributed by atoms with van der Waals surface area (Å²) in [6.07, 6.45) is 0. The zero-order chi connectivity index (χ0) is 21.4. The number of carbonyl (C=O) groups excluding carboxylic acids is 2. The van der Waals surface area contributed by atoms with Gasteiger partial charge in [-0.1, -0.05) is 17.3 Å². The number of amides is 1. The minimum Gasteiger partial charge on any atom is -0.507 e. The van der Waals surface area contributed by atoms with Crippen molar-refractivity contribution in [1.29, 1.82) is 0 Å². The van der Waals surface area contributed by atoms with Gasteiger partial charge in [0.2, 0.25) is 0 Å². The molecule has 0 aliphatic carbocycles. The van der Waals surface area contributed by atoms with E-state index in [9.17, 15) is 19.1 Å². The third kappa shape index (κ3) is 3.22. The number of aliphatic hydroxyl groups excluding tert-OH is 1. The summed E-state index contributed by atoms with van der Waals surface area (Å²) >= 11 is 0. The fourth-order valence-corrected chi connectivity index (χ4v) is 3.40. The van der Waals surface area contributed by atoms with Crippen LogP contribution in [0.2, 0.25) is 0 Å². The number of benzene rings is 2. The third-order valence-electron chi connectivity index (χ3n) is 4.86. The first-order valence-electron chi connectivity index (χ1n) is 9.05. The number of methoxy groups -OCH3 is 1. The van der Waals surface area contributed by atoms with Crippen molar-refractivity contribution >= 4 is 23.3 Å². The van der Waals surface area contributed by atoms with Crippen molar-refractivity contribution in [3.63, 3.8) is 0 Å². The quantitative estimate of drug-likeness (QED) is 0.401. The largest absolute Gasteiger partial charge is 0.507 e. The second-order valence-corrected chi connectivity index (χ2v) is 6.74. The molecule has 1 aromatic heterocycles. The molecule has 7 nitrogen and oxygen atoms in total. The number of rotatable bonds is 4. The number of ketones is 1. The van der Waals surface area contributed by atoms with Crippen molar-refractivity contribution in [2.75, 3.05) is 12.0 Å². The second-order valence-electron chi connectivity index (χ2n) is 6.74. The van der Waals surface area contributed by atoms with Gasteiger partial charge in [0.05, 0.1) is 18.7 Å². The fourth-order valence-electron chi connectivity index (χ4n) is 3.40. The van der Waals surface area contributed by atoms with Crippen LogP contribution in [0, 0.1) is 12.7 Å². The highest BCUT2D eigenvalue weighted by molar-refractivity contribution is 6.51. The maximum Gasteiger partial charge on any atom is 0.301 e. The second kappa shape index (κ2) is 7.47. The van der Waals surface area contributed by atoms with Crippen molar-refractivity contribution < 1.29 is 28.3 Å². The molecule has 30 heavy (non-hydrogen) atoms. The van der Waals surface area contributed by atoms with Crippen LogP contribution in [0.15, 0.2) is 64.7 Å². The summed E-state index contributed by atoms with van der Waals surface area (Å²) in [6.45, 7) is 1.66. The van der Waals surface area contributed by atoms with Crippen LogP contribution in [0.4, 0.5) is 10.2 Å². The average molecular weight is 408 g/mol. The number of hydrogen-bond donors (Lipinski definition) is 1. The van der Waals surface area contributed by atoms with Crippen LogP contribution in [-0.4, -0.2) is 29.1 Å². The Morgan fingerprint density at radius 3 is 2.37 bits per heavy atom. The first-order chi connectivity index (χ1) is 14.4. The zero-order valence-corrected chi connectivity index (χ0v) is 16.1. The Labute approximate surface area is 171 Å². The van der Waals surface area contributed by atoms with E-state index >= 15 is 0 Å². The van der Waals surface area contributed by atoms with Crippen LogP contribution in [0.1, 0.15) is 22.9 Å². The average Bonchev–Trinajstić information content (AvgIpc) is 3.29. The van der Waals surface area contributed by atoms with E-state index in [1.165, 1.54) is 30.2 Å². The smallest absolute Gasteiger partial charge is 0.301 e. The lowest BCUT2D eigenvalue weighted by atomic mass is 9.95. The summed E-state index contributed by atoms with van der Waals surface area (Å²) in [5, 5.41) is 14.8. The number of hydrogen-bond acceptors (Lipinski definition) is 6. The molecule has 1 unspecified atom stereocenters. The van der Waals surface area contributed by atoms with Gasteiger partial charge in [0, 0.05) is 11.6 Å². The number of aryl methyl sites for hydroxylation is 1. The number of carbonyl (C=O) groups is 2. The highest BCUT2D eigenvalue weighted by Gasteiger charge is 2.48. The molecule has 2 heterocycles. The lowest BCUT2D eigenvalue weighted by molar-refractivity contribution is -0.132. The topological polar surface area (TPSA) is 92.9 Å². The Hall–Kier alpha value is -3.94. The van der Waals surface area contributed by atoms with Crippen molar-refractivity contribution in [3.8, 4) is 5.75 Å². The Morgan fingerprint density at radius 1 is 1.13 bits per heavy atom. The van der Waals surface area contributed by atoms with Crippen molar-refractivity contribution in [1.82, 2.24) is 5.16 Å². The number of anilines is 1. The monoisotopic (exact) mass is 408 g/mol. The van der Waals surface area contributed by atoms with Crippen LogP contribution in [-0.2, 0) is 9.59 Å². The molecule has 1 fully saturated rings. The van der Waals surface area contributed by atoms with E-state index in [1.54, 1.807) is 31.2 Å². The molecule has 0 bridgehead atoms. The minimum absolute atomic E-state index is 0.127. The van der Waals surface area contributed by atoms with E-state index in [-0.39, 0.29) is 17.0 Å². The van der Waals surface area contributed by atoms with Gasteiger partial charge in [0.25, 0.3) is 5.78 Å². The van der Waals surface area contributed by atoms with Crippen molar-refractivity contribution in [2.45, 2.75) is 13.0 Å². The highest BCUT2D eigenvalue weighted by atomic mass is 19.1. The van der Waals surface area contributed by atoms with Gasteiger partial charge >= 0.3 is 5.91 Å². The lowest BCUT2D eigenvalue weighted by Gasteiger charge is -2.23. The summed E-state index contributed by atoms with van der Waals surface area (Å²) in [5.74, 6) is -1.43. The Balaban J connectivity index is 1.92. The van der Waals surface area contributed by atoms with Gasteiger partial charge in [0.1, 0.15) is 23.1 Å². The predicted molar refractivity (Wildman–Crippen MR) is 105 cm³/mol. The molecule has 1 aliphatic rings. The molecule has 3 aromatic rings. The molecule has 0 saturated carbocycles. The zero-order valence-electron chi connectivity index (χ0n) is 16.1. The molecular weight excluding hydrogens is 391 g/mol. The first kappa shape index (κ1) is 19.4.